The highest BCUT2D eigenvalue weighted by atomic mass is 32.2. The zero-order chi connectivity index (χ0) is 15.6. The molecule has 5 atom stereocenters. The van der Waals surface area contributed by atoms with E-state index in [1.54, 1.807) is 11.1 Å². The second kappa shape index (κ2) is 6.73. The van der Waals surface area contributed by atoms with E-state index in [0.29, 0.717) is 10.9 Å². The van der Waals surface area contributed by atoms with Crippen molar-refractivity contribution in [3.05, 3.63) is 71.8 Å². The van der Waals surface area contributed by atoms with Gasteiger partial charge in [0.25, 0.3) is 0 Å². The van der Waals surface area contributed by atoms with Gasteiger partial charge in [-0.3, -0.25) is 0 Å². The first-order valence-electron chi connectivity index (χ1n) is 9.08. The van der Waals surface area contributed by atoms with Crippen LogP contribution in [0.5, 0.6) is 0 Å². The lowest BCUT2D eigenvalue weighted by Gasteiger charge is -2.43. The molecule has 1 aliphatic carbocycles. The predicted octanol–water partition coefficient (Wildman–Crippen LogP) is 5.72. The standard InChI is InChI=1S/C22H27S/c1-23-21-15-9-8-14-19(21)20(17-10-4-2-5-11-17)16-22(23)18-12-6-3-7-13-18/h2-7,10-13,19-22H,8-9,14-16H2,1H3/q+1. The molecular formula is C22H27S+. The Kier molecular flexibility index (Phi) is 4.48. The van der Waals surface area contributed by atoms with Gasteiger partial charge in [-0.25, -0.2) is 0 Å². The highest BCUT2D eigenvalue weighted by molar-refractivity contribution is 7.97. The fourth-order valence-corrected chi connectivity index (χ4v) is 7.85. The summed E-state index contributed by atoms with van der Waals surface area (Å²) in [4.78, 5) is 0. The van der Waals surface area contributed by atoms with Gasteiger partial charge in [0.2, 0.25) is 0 Å². The van der Waals surface area contributed by atoms with Crippen molar-refractivity contribution in [3.8, 4) is 0 Å². The Morgan fingerprint density at radius 1 is 0.783 bits per heavy atom. The number of rotatable bonds is 2. The number of fused-ring (bicyclic) bond motifs is 1. The largest absolute Gasteiger partial charge is 0.143 e. The molecule has 1 aliphatic heterocycles. The zero-order valence-electron chi connectivity index (χ0n) is 14.0. The first-order valence-corrected chi connectivity index (χ1v) is 10.8. The van der Waals surface area contributed by atoms with Gasteiger partial charge in [0.1, 0.15) is 10.5 Å². The Bertz CT molecular complexity index is 621. The smallest absolute Gasteiger partial charge is 0.0622 e. The molecule has 0 aromatic heterocycles. The van der Waals surface area contributed by atoms with Crippen molar-refractivity contribution in [1.29, 1.82) is 0 Å². The summed E-state index contributed by atoms with van der Waals surface area (Å²) in [6, 6.07) is 22.7. The van der Waals surface area contributed by atoms with Crippen molar-refractivity contribution >= 4 is 10.9 Å². The summed E-state index contributed by atoms with van der Waals surface area (Å²) < 4.78 is 0. The molecule has 2 aromatic rings. The van der Waals surface area contributed by atoms with Crippen LogP contribution < -0.4 is 0 Å². The normalized spacial score (nSPS) is 33.9. The quantitative estimate of drug-likeness (QED) is 0.620. The zero-order valence-corrected chi connectivity index (χ0v) is 14.8. The molecule has 2 fully saturated rings. The Morgan fingerprint density at radius 2 is 1.39 bits per heavy atom. The van der Waals surface area contributed by atoms with Gasteiger partial charge in [-0.1, -0.05) is 67.1 Å². The summed E-state index contributed by atoms with van der Waals surface area (Å²) in [5, 5.41) is 1.69. The van der Waals surface area contributed by atoms with Crippen molar-refractivity contribution < 1.29 is 0 Å². The van der Waals surface area contributed by atoms with Crippen LogP contribution in [0.25, 0.3) is 0 Å². The predicted molar refractivity (Wildman–Crippen MR) is 102 cm³/mol. The fraction of sp³-hybridized carbons (Fsp3) is 0.455. The molecule has 0 amide bonds. The van der Waals surface area contributed by atoms with Crippen LogP contribution in [0.1, 0.15) is 54.4 Å². The van der Waals surface area contributed by atoms with E-state index in [1.165, 1.54) is 32.1 Å². The van der Waals surface area contributed by atoms with Gasteiger partial charge in [-0.2, -0.15) is 0 Å². The maximum Gasteiger partial charge on any atom is 0.143 e. The first-order chi connectivity index (χ1) is 11.3. The molecule has 0 spiro atoms. The minimum atomic E-state index is 0.510. The highest BCUT2D eigenvalue weighted by Crippen LogP contribution is 2.52. The summed E-state index contributed by atoms with van der Waals surface area (Å²) >= 11 is 0. The van der Waals surface area contributed by atoms with Gasteiger partial charge in [-0.05, 0) is 41.6 Å². The summed E-state index contributed by atoms with van der Waals surface area (Å²) in [6.45, 7) is 0. The minimum Gasteiger partial charge on any atom is -0.0622 e. The number of benzene rings is 2. The van der Waals surface area contributed by atoms with Crippen LogP contribution in [0.3, 0.4) is 0 Å². The molecule has 1 heteroatoms. The molecule has 2 aliphatic rings. The van der Waals surface area contributed by atoms with E-state index < -0.39 is 0 Å². The van der Waals surface area contributed by atoms with Crippen LogP contribution in [0.15, 0.2) is 60.7 Å². The fourth-order valence-electron chi connectivity index (χ4n) is 4.92. The SMILES string of the molecule is C[S+]1C(c2ccccc2)CC(c2ccccc2)C2CCCCC21. The molecule has 5 unspecified atom stereocenters. The molecule has 4 rings (SSSR count). The molecule has 0 bridgehead atoms. The third-order valence-electron chi connectivity index (χ3n) is 6.06. The van der Waals surface area contributed by atoms with E-state index in [2.05, 4.69) is 66.9 Å². The van der Waals surface area contributed by atoms with E-state index in [1.807, 2.05) is 0 Å². The Hall–Kier alpha value is -1.21. The van der Waals surface area contributed by atoms with Gasteiger partial charge in [-0.15, -0.1) is 0 Å². The Morgan fingerprint density at radius 3 is 2.09 bits per heavy atom. The van der Waals surface area contributed by atoms with Crippen molar-refractivity contribution in [2.45, 2.75) is 48.5 Å². The van der Waals surface area contributed by atoms with Crippen LogP contribution in [0.4, 0.5) is 0 Å². The second-order valence-corrected chi connectivity index (χ2v) is 9.64. The molecule has 2 aromatic carbocycles. The van der Waals surface area contributed by atoms with Crippen molar-refractivity contribution in [1.82, 2.24) is 0 Å². The van der Waals surface area contributed by atoms with Crippen LogP contribution in [-0.2, 0) is 10.9 Å². The van der Waals surface area contributed by atoms with E-state index >= 15 is 0 Å². The molecule has 1 heterocycles. The lowest BCUT2D eigenvalue weighted by molar-refractivity contribution is 0.286. The van der Waals surface area contributed by atoms with Gasteiger partial charge in [0.15, 0.2) is 0 Å². The summed E-state index contributed by atoms with van der Waals surface area (Å²) in [7, 11) is 0.510. The Labute approximate surface area is 143 Å². The topological polar surface area (TPSA) is 0 Å². The lowest BCUT2D eigenvalue weighted by Crippen LogP contribution is -2.43. The third-order valence-corrected chi connectivity index (χ3v) is 8.97. The van der Waals surface area contributed by atoms with Crippen molar-refractivity contribution in [3.63, 3.8) is 0 Å². The molecule has 120 valence electrons. The van der Waals surface area contributed by atoms with Gasteiger partial charge < -0.3 is 0 Å². The van der Waals surface area contributed by atoms with Crippen LogP contribution in [-0.4, -0.2) is 11.5 Å². The average Bonchev–Trinajstić information content (AvgIpc) is 2.64. The van der Waals surface area contributed by atoms with Crippen LogP contribution in [0.2, 0.25) is 0 Å². The Balaban J connectivity index is 1.70. The molecule has 1 saturated carbocycles. The molecule has 0 N–H and O–H groups in total. The van der Waals surface area contributed by atoms with Gasteiger partial charge in [0, 0.05) is 17.9 Å². The molecule has 23 heavy (non-hydrogen) atoms. The molecular weight excluding hydrogens is 296 g/mol. The third kappa shape index (κ3) is 2.96. The maximum atomic E-state index is 2.56. The summed E-state index contributed by atoms with van der Waals surface area (Å²) in [6.07, 6.45) is 9.69. The minimum absolute atomic E-state index is 0.510. The van der Waals surface area contributed by atoms with Gasteiger partial charge in [0.05, 0.1) is 6.26 Å². The summed E-state index contributed by atoms with van der Waals surface area (Å²) in [5.41, 5.74) is 3.16. The number of hydrogen-bond donors (Lipinski definition) is 0. The van der Waals surface area contributed by atoms with E-state index in [-0.39, 0.29) is 0 Å². The van der Waals surface area contributed by atoms with Crippen LogP contribution in [0, 0.1) is 5.92 Å². The molecule has 0 nitrogen and oxygen atoms in total. The first kappa shape index (κ1) is 15.3. The van der Waals surface area contributed by atoms with E-state index in [4.69, 9.17) is 0 Å². The maximum absolute atomic E-state index is 2.56. The van der Waals surface area contributed by atoms with E-state index in [0.717, 1.165) is 22.3 Å². The van der Waals surface area contributed by atoms with E-state index in [9.17, 15) is 0 Å². The number of hydrogen-bond acceptors (Lipinski definition) is 0. The lowest BCUT2D eigenvalue weighted by atomic mass is 9.73. The monoisotopic (exact) mass is 323 g/mol. The van der Waals surface area contributed by atoms with Crippen molar-refractivity contribution in [2.75, 3.05) is 6.26 Å². The van der Waals surface area contributed by atoms with Crippen LogP contribution >= 0.6 is 0 Å². The van der Waals surface area contributed by atoms with Gasteiger partial charge >= 0.3 is 0 Å². The summed E-state index contributed by atoms with van der Waals surface area (Å²) in [5.74, 6) is 1.68. The highest BCUT2D eigenvalue weighted by Gasteiger charge is 2.50. The molecule has 0 radical (unpaired) electrons. The molecule has 1 saturated heterocycles. The van der Waals surface area contributed by atoms with Crippen molar-refractivity contribution in [2.24, 2.45) is 5.92 Å². The average molecular weight is 324 g/mol. The second-order valence-electron chi connectivity index (χ2n) is 7.25.